The van der Waals surface area contributed by atoms with Crippen molar-refractivity contribution in [2.24, 2.45) is 0 Å². The van der Waals surface area contributed by atoms with Crippen LogP contribution in [0.5, 0.6) is 5.75 Å². The average molecular weight is 321 g/mol. The molecule has 0 fully saturated rings. The lowest BCUT2D eigenvalue weighted by Crippen LogP contribution is -2.01. The van der Waals surface area contributed by atoms with Crippen LogP contribution in [0, 0.1) is 0 Å². The Labute approximate surface area is 133 Å². The van der Waals surface area contributed by atoms with E-state index in [1.807, 2.05) is 12.1 Å². The van der Waals surface area contributed by atoms with Crippen LogP contribution < -0.4 is 4.74 Å². The Morgan fingerprint density at radius 3 is 2.62 bits per heavy atom. The maximum atomic E-state index is 12.2. The van der Waals surface area contributed by atoms with Crippen molar-refractivity contribution in [1.82, 2.24) is 0 Å². The largest absolute Gasteiger partial charge is 0.493 e. The van der Waals surface area contributed by atoms with E-state index in [0.717, 1.165) is 24.3 Å². The van der Waals surface area contributed by atoms with Gasteiger partial charge in [0, 0.05) is 28.5 Å². The van der Waals surface area contributed by atoms with Crippen molar-refractivity contribution < 1.29 is 9.53 Å². The normalized spacial score (nSPS) is 12.9. The monoisotopic (exact) mass is 320 g/mol. The fourth-order valence-corrected chi connectivity index (χ4v) is 3.04. The first-order valence-electron chi connectivity index (χ1n) is 6.86. The lowest BCUT2D eigenvalue weighted by molar-refractivity contribution is 0.0983. The van der Waals surface area contributed by atoms with Gasteiger partial charge >= 0.3 is 0 Å². The maximum absolute atomic E-state index is 12.2. The Bertz CT molecular complexity index is 675. The van der Waals surface area contributed by atoms with Crippen molar-refractivity contribution in [1.29, 1.82) is 0 Å². The van der Waals surface area contributed by atoms with Crippen LogP contribution in [0.2, 0.25) is 10.0 Å². The van der Waals surface area contributed by atoms with Crippen LogP contribution in [-0.2, 0) is 12.8 Å². The van der Waals surface area contributed by atoms with Crippen LogP contribution in [0.1, 0.15) is 27.9 Å². The number of benzene rings is 2. The number of hydrogen-bond acceptors (Lipinski definition) is 2. The summed E-state index contributed by atoms with van der Waals surface area (Å²) >= 11 is 11.8. The first-order valence-corrected chi connectivity index (χ1v) is 7.61. The highest BCUT2D eigenvalue weighted by Crippen LogP contribution is 2.26. The molecule has 1 aliphatic rings. The van der Waals surface area contributed by atoms with Gasteiger partial charge in [0.25, 0.3) is 0 Å². The Morgan fingerprint density at radius 2 is 1.86 bits per heavy atom. The van der Waals surface area contributed by atoms with Gasteiger partial charge in [0.15, 0.2) is 5.78 Å². The maximum Gasteiger partial charge on any atom is 0.163 e. The highest BCUT2D eigenvalue weighted by Gasteiger charge is 2.13. The predicted octanol–water partition coefficient (Wildman–Crippen LogP) is 4.74. The molecule has 0 spiro atoms. The highest BCUT2D eigenvalue weighted by molar-refractivity contribution is 6.35. The third kappa shape index (κ3) is 3.39. The summed E-state index contributed by atoms with van der Waals surface area (Å²) in [5.74, 6) is 1.02. The highest BCUT2D eigenvalue weighted by atomic mass is 35.5. The Balaban J connectivity index is 1.68. The van der Waals surface area contributed by atoms with E-state index in [2.05, 4.69) is 6.07 Å². The molecular weight excluding hydrogens is 307 g/mol. The van der Waals surface area contributed by atoms with Crippen LogP contribution in [0.15, 0.2) is 36.4 Å². The number of ether oxygens (including phenoxy) is 1. The smallest absolute Gasteiger partial charge is 0.163 e. The molecule has 2 nitrogen and oxygen atoms in total. The van der Waals surface area contributed by atoms with E-state index in [-0.39, 0.29) is 5.78 Å². The Kier molecular flexibility index (Phi) is 4.18. The zero-order chi connectivity index (χ0) is 14.8. The summed E-state index contributed by atoms with van der Waals surface area (Å²) in [6.45, 7) is 0.749. The van der Waals surface area contributed by atoms with Crippen LogP contribution in [0.25, 0.3) is 0 Å². The summed E-state index contributed by atoms with van der Waals surface area (Å²) in [7, 11) is 0. The SMILES string of the molecule is O=C(CCc1ccc2c(c1)CCO2)c1cc(Cl)cc(Cl)c1. The van der Waals surface area contributed by atoms with Gasteiger partial charge in [-0.1, -0.05) is 35.3 Å². The number of carbonyl (C=O) groups excluding carboxylic acids is 1. The van der Waals surface area contributed by atoms with Crippen molar-refractivity contribution in [2.75, 3.05) is 6.61 Å². The molecule has 0 unspecified atom stereocenters. The first kappa shape index (κ1) is 14.4. The molecule has 108 valence electrons. The van der Waals surface area contributed by atoms with E-state index in [4.69, 9.17) is 27.9 Å². The topological polar surface area (TPSA) is 26.3 Å². The molecular formula is C17H14Cl2O2. The van der Waals surface area contributed by atoms with Gasteiger partial charge < -0.3 is 4.74 Å². The molecule has 2 aromatic rings. The van der Waals surface area contributed by atoms with Gasteiger partial charge in [-0.3, -0.25) is 4.79 Å². The van der Waals surface area contributed by atoms with Crippen molar-refractivity contribution in [3.63, 3.8) is 0 Å². The molecule has 4 heteroatoms. The molecule has 0 atom stereocenters. The minimum atomic E-state index is 0.0520. The molecule has 2 aromatic carbocycles. The number of ketones is 1. The van der Waals surface area contributed by atoms with Gasteiger partial charge in [-0.05, 0) is 41.8 Å². The molecule has 21 heavy (non-hydrogen) atoms. The lowest BCUT2D eigenvalue weighted by Gasteiger charge is -2.05. The van der Waals surface area contributed by atoms with Gasteiger partial charge in [0.1, 0.15) is 5.75 Å². The first-order chi connectivity index (χ1) is 10.1. The summed E-state index contributed by atoms with van der Waals surface area (Å²) in [4.78, 5) is 12.2. The number of hydrogen-bond donors (Lipinski definition) is 0. The Morgan fingerprint density at radius 1 is 1.10 bits per heavy atom. The minimum absolute atomic E-state index is 0.0520. The molecule has 0 aliphatic carbocycles. The second-order valence-corrected chi connectivity index (χ2v) is 5.99. The van der Waals surface area contributed by atoms with Crippen LogP contribution >= 0.6 is 23.2 Å². The Hall–Kier alpha value is -1.51. The van der Waals surface area contributed by atoms with E-state index in [1.165, 1.54) is 5.56 Å². The number of halogens is 2. The summed E-state index contributed by atoms with van der Waals surface area (Å²) in [6.07, 6.45) is 2.09. The van der Waals surface area contributed by atoms with E-state index in [0.29, 0.717) is 28.5 Å². The quantitative estimate of drug-likeness (QED) is 0.760. The molecule has 3 rings (SSSR count). The molecule has 1 aliphatic heterocycles. The molecule has 1 heterocycles. The summed E-state index contributed by atoms with van der Waals surface area (Å²) in [6, 6.07) is 11.1. The summed E-state index contributed by atoms with van der Waals surface area (Å²) in [5, 5.41) is 0.973. The second-order valence-electron chi connectivity index (χ2n) is 5.12. The van der Waals surface area contributed by atoms with Gasteiger partial charge in [0.05, 0.1) is 6.61 Å². The fourth-order valence-electron chi connectivity index (χ4n) is 2.51. The zero-order valence-corrected chi connectivity index (χ0v) is 12.9. The number of rotatable bonds is 4. The number of aryl methyl sites for hydroxylation is 1. The second kappa shape index (κ2) is 6.08. The predicted molar refractivity (Wildman–Crippen MR) is 84.8 cm³/mol. The van der Waals surface area contributed by atoms with E-state index >= 15 is 0 Å². The minimum Gasteiger partial charge on any atom is -0.493 e. The summed E-state index contributed by atoms with van der Waals surface area (Å²) < 4.78 is 5.48. The molecule has 0 radical (unpaired) electrons. The average Bonchev–Trinajstić information content (AvgIpc) is 2.91. The van der Waals surface area contributed by atoms with Crippen LogP contribution in [-0.4, -0.2) is 12.4 Å². The van der Waals surface area contributed by atoms with Crippen molar-refractivity contribution in [3.8, 4) is 5.75 Å². The van der Waals surface area contributed by atoms with E-state index in [1.54, 1.807) is 18.2 Å². The number of fused-ring (bicyclic) bond motifs is 1. The van der Waals surface area contributed by atoms with E-state index < -0.39 is 0 Å². The third-order valence-electron chi connectivity index (χ3n) is 3.58. The van der Waals surface area contributed by atoms with Crippen molar-refractivity contribution >= 4 is 29.0 Å². The van der Waals surface area contributed by atoms with Gasteiger partial charge in [-0.2, -0.15) is 0 Å². The number of Topliss-reactive ketones (excluding diaryl/α,β-unsaturated/α-hetero) is 1. The van der Waals surface area contributed by atoms with Crippen LogP contribution in [0.4, 0.5) is 0 Å². The molecule has 0 saturated carbocycles. The summed E-state index contributed by atoms with van der Waals surface area (Å²) in [5.41, 5.74) is 2.95. The molecule has 0 saturated heterocycles. The third-order valence-corrected chi connectivity index (χ3v) is 4.02. The molecule has 0 bridgehead atoms. The van der Waals surface area contributed by atoms with Crippen molar-refractivity contribution in [2.45, 2.75) is 19.3 Å². The zero-order valence-electron chi connectivity index (χ0n) is 11.4. The molecule has 0 N–H and O–H groups in total. The number of carbonyl (C=O) groups is 1. The molecule has 0 amide bonds. The van der Waals surface area contributed by atoms with Gasteiger partial charge in [-0.25, -0.2) is 0 Å². The fraction of sp³-hybridized carbons (Fsp3) is 0.235. The van der Waals surface area contributed by atoms with Crippen LogP contribution in [0.3, 0.4) is 0 Å². The molecule has 0 aromatic heterocycles. The van der Waals surface area contributed by atoms with E-state index in [9.17, 15) is 4.79 Å². The van der Waals surface area contributed by atoms with Crippen molar-refractivity contribution in [3.05, 3.63) is 63.1 Å². The lowest BCUT2D eigenvalue weighted by atomic mass is 10.0. The van der Waals surface area contributed by atoms with Gasteiger partial charge in [0.2, 0.25) is 0 Å². The standard InChI is InChI=1S/C17H14Cl2O2/c18-14-8-13(9-15(19)10-14)16(20)3-1-11-2-4-17-12(7-11)5-6-21-17/h2,4,7-10H,1,3,5-6H2. The van der Waals surface area contributed by atoms with Gasteiger partial charge in [-0.15, -0.1) is 0 Å².